The highest BCUT2D eigenvalue weighted by atomic mass is 35.5. The fourth-order valence-electron chi connectivity index (χ4n) is 3.18. The second-order valence-corrected chi connectivity index (χ2v) is 6.98. The first-order chi connectivity index (χ1) is 14.2. The van der Waals surface area contributed by atoms with Crippen LogP contribution < -0.4 is 0 Å². The third-order valence-electron chi connectivity index (χ3n) is 4.63. The summed E-state index contributed by atoms with van der Waals surface area (Å²) in [5, 5.41) is 7.22. The Morgan fingerprint density at radius 3 is 2.60 bits per heavy atom. The largest absolute Gasteiger partial charge is 0.434 e. The monoisotopic (exact) mass is 441 g/mol. The lowest BCUT2D eigenvalue weighted by Gasteiger charge is -2.33. The van der Waals surface area contributed by atoms with Crippen molar-refractivity contribution < 1.29 is 22.4 Å². The van der Waals surface area contributed by atoms with Crippen LogP contribution in [0.4, 0.5) is 17.6 Å². The van der Waals surface area contributed by atoms with E-state index in [2.05, 4.69) is 25.3 Å². The van der Waals surface area contributed by atoms with Crippen LogP contribution in [0, 0.1) is 5.82 Å². The maximum Gasteiger partial charge on any atom is 0.434 e. The average Bonchev–Trinajstić information content (AvgIpc) is 3.09. The number of halogens is 5. The van der Waals surface area contributed by atoms with Crippen molar-refractivity contribution in [1.82, 2.24) is 34.8 Å². The molecule has 0 spiro atoms. The van der Waals surface area contributed by atoms with Crippen molar-refractivity contribution in [2.45, 2.75) is 32.1 Å². The van der Waals surface area contributed by atoms with Gasteiger partial charge in [-0.05, 0) is 13.0 Å². The van der Waals surface area contributed by atoms with Crippen LogP contribution in [-0.4, -0.2) is 46.8 Å². The summed E-state index contributed by atoms with van der Waals surface area (Å²) in [6, 6.07) is 0.729. The molecule has 13 heteroatoms. The number of rotatable bonds is 2. The number of carbonyl (C=O) groups is 1. The predicted molar refractivity (Wildman–Crippen MR) is 94.2 cm³/mol. The van der Waals surface area contributed by atoms with E-state index in [1.165, 1.54) is 9.58 Å². The molecule has 3 aromatic rings. The van der Waals surface area contributed by atoms with E-state index in [4.69, 9.17) is 11.6 Å². The number of alkyl halides is 3. The van der Waals surface area contributed by atoms with Crippen molar-refractivity contribution in [1.29, 1.82) is 0 Å². The van der Waals surface area contributed by atoms with E-state index in [0.29, 0.717) is 11.4 Å². The van der Waals surface area contributed by atoms with E-state index in [9.17, 15) is 22.4 Å². The molecular formula is C17H12ClF4N7O. The Kier molecular flexibility index (Phi) is 4.88. The van der Waals surface area contributed by atoms with Crippen LogP contribution in [0.2, 0.25) is 5.02 Å². The lowest BCUT2D eigenvalue weighted by molar-refractivity contribution is -0.141. The van der Waals surface area contributed by atoms with Gasteiger partial charge in [-0.2, -0.15) is 17.9 Å². The second-order valence-electron chi connectivity index (χ2n) is 6.60. The Morgan fingerprint density at radius 1 is 1.23 bits per heavy atom. The number of carbonyl (C=O) groups excluding carboxylic acids is 1. The minimum atomic E-state index is -4.79. The number of fused-ring (bicyclic) bond motifs is 1. The molecule has 8 nitrogen and oxygen atoms in total. The molecule has 30 heavy (non-hydrogen) atoms. The lowest BCUT2D eigenvalue weighted by atomic mass is 10.0. The maximum absolute atomic E-state index is 13.1. The SMILES string of the molecule is C[C@@H]1Cc2c(nnn2-c2ncc(F)cn2)CN1C(=O)c1ccnc(C(F)(F)F)c1Cl. The van der Waals surface area contributed by atoms with Gasteiger partial charge in [0.05, 0.1) is 35.2 Å². The summed E-state index contributed by atoms with van der Waals surface area (Å²) in [4.78, 5) is 25.3. The standard InChI is InChI=1S/C17H12ClF4N7O/c1-8-4-12-11(26-27-29(12)16-24-5-9(19)6-25-16)7-28(8)15(30)10-2-3-23-14(13(10)18)17(20,21)22/h2-3,5-6,8H,4,7H2,1H3/t8-/m1/s1. The van der Waals surface area contributed by atoms with Crippen LogP contribution in [0.5, 0.6) is 0 Å². The molecule has 0 bridgehead atoms. The van der Waals surface area contributed by atoms with Gasteiger partial charge >= 0.3 is 6.18 Å². The number of hydrogen-bond acceptors (Lipinski definition) is 6. The molecular weight excluding hydrogens is 430 g/mol. The first-order valence-electron chi connectivity index (χ1n) is 8.61. The zero-order valence-electron chi connectivity index (χ0n) is 15.2. The molecule has 1 aliphatic heterocycles. The molecule has 1 amide bonds. The molecule has 0 aliphatic carbocycles. The summed E-state index contributed by atoms with van der Waals surface area (Å²) in [5.74, 6) is -1.17. The van der Waals surface area contributed by atoms with Gasteiger partial charge in [0.1, 0.15) is 5.69 Å². The highest BCUT2D eigenvalue weighted by Gasteiger charge is 2.38. The quantitative estimate of drug-likeness (QED) is 0.568. The van der Waals surface area contributed by atoms with Crippen molar-refractivity contribution in [2.75, 3.05) is 0 Å². The number of nitrogens with zero attached hydrogens (tertiary/aromatic N) is 7. The smallest absolute Gasteiger partial charge is 0.329 e. The van der Waals surface area contributed by atoms with Crippen molar-refractivity contribution in [3.05, 3.63) is 58.1 Å². The van der Waals surface area contributed by atoms with Crippen LogP contribution in [0.1, 0.15) is 34.4 Å². The van der Waals surface area contributed by atoms with Crippen LogP contribution in [0.25, 0.3) is 5.95 Å². The molecule has 156 valence electrons. The van der Waals surface area contributed by atoms with Gasteiger partial charge in [0.25, 0.3) is 11.9 Å². The molecule has 0 saturated heterocycles. The van der Waals surface area contributed by atoms with Crippen LogP contribution in [-0.2, 0) is 19.1 Å². The van der Waals surface area contributed by atoms with Crippen molar-refractivity contribution >= 4 is 17.5 Å². The summed E-state index contributed by atoms with van der Waals surface area (Å²) >= 11 is 5.84. The minimum absolute atomic E-state index is 0.00344. The van der Waals surface area contributed by atoms with E-state index in [0.717, 1.165) is 24.7 Å². The van der Waals surface area contributed by atoms with Gasteiger partial charge in [-0.1, -0.05) is 16.8 Å². The molecule has 0 unspecified atom stereocenters. The van der Waals surface area contributed by atoms with E-state index in [1.807, 2.05) is 0 Å². The highest BCUT2D eigenvalue weighted by molar-refractivity contribution is 6.34. The Balaban J connectivity index is 1.65. The molecule has 4 rings (SSSR count). The maximum atomic E-state index is 13.1. The highest BCUT2D eigenvalue weighted by Crippen LogP contribution is 2.35. The van der Waals surface area contributed by atoms with Gasteiger partial charge in [0.15, 0.2) is 11.5 Å². The van der Waals surface area contributed by atoms with Crippen molar-refractivity contribution in [3.63, 3.8) is 0 Å². The molecule has 0 fully saturated rings. The van der Waals surface area contributed by atoms with E-state index in [-0.39, 0.29) is 24.5 Å². The molecule has 3 aromatic heterocycles. The van der Waals surface area contributed by atoms with Crippen molar-refractivity contribution in [3.8, 4) is 5.95 Å². The lowest BCUT2D eigenvalue weighted by Crippen LogP contribution is -2.43. The number of hydrogen-bond donors (Lipinski definition) is 0. The Labute approximate surface area is 171 Å². The van der Waals surface area contributed by atoms with E-state index < -0.39 is 34.7 Å². The fraction of sp³-hybridized carbons (Fsp3) is 0.294. The first kappa shape index (κ1) is 20.1. The summed E-state index contributed by atoms with van der Waals surface area (Å²) < 4.78 is 53.6. The van der Waals surface area contributed by atoms with Crippen LogP contribution >= 0.6 is 11.6 Å². The Bertz CT molecular complexity index is 1120. The Hall–Kier alpha value is -3.15. The van der Waals surface area contributed by atoms with Gasteiger partial charge < -0.3 is 4.90 Å². The second kappa shape index (κ2) is 7.27. The minimum Gasteiger partial charge on any atom is -0.329 e. The molecule has 1 aliphatic rings. The van der Waals surface area contributed by atoms with Gasteiger partial charge in [0, 0.05) is 18.7 Å². The third-order valence-corrected chi connectivity index (χ3v) is 5.01. The molecule has 0 saturated carbocycles. The van der Waals surface area contributed by atoms with Crippen LogP contribution in [0.3, 0.4) is 0 Å². The van der Waals surface area contributed by atoms with Gasteiger partial charge in [-0.25, -0.2) is 14.4 Å². The topological polar surface area (TPSA) is 89.7 Å². The van der Waals surface area contributed by atoms with Gasteiger partial charge in [0.2, 0.25) is 0 Å². The average molecular weight is 442 g/mol. The third kappa shape index (κ3) is 3.47. The Morgan fingerprint density at radius 2 is 1.93 bits per heavy atom. The van der Waals surface area contributed by atoms with E-state index >= 15 is 0 Å². The predicted octanol–water partition coefficient (Wildman–Crippen LogP) is 2.85. The summed E-state index contributed by atoms with van der Waals surface area (Å²) in [7, 11) is 0. The molecule has 0 N–H and O–H groups in total. The molecule has 1 atom stereocenters. The zero-order chi connectivity index (χ0) is 21.6. The molecule has 4 heterocycles. The number of pyridine rings is 1. The molecule has 0 radical (unpaired) electrons. The summed E-state index contributed by atoms with van der Waals surface area (Å²) in [5.41, 5.74) is -0.575. The fourth-order valence-corrected chi connectivity index (χ4v) is 3.48. The van der Waals surface area contributed by atoms with Gasteiger partial charge in [-0.15, -0.1) is 5.10 Å². The van der Waals surface area contributed by atoms with Gasteiger partial charge in [-0.3, -0.25) is 9.78 Å². The zero-order valence-corrected chi connectivity index (χ0v) is 16.0. The normalized spacial score (nSPS) is 16.5. The first-order valence-corrected chi connectivity index (χ1v) is 8.98. The molecule has 0 aromatic carbocycles. The van der Waals surface area contributed by atoms with Crippen LogP contribution in [0.15, 0.2) is 24.7 Å². The van der Waals surface area contributed by atoms with E-state index in [1.54, 1.807) is 6.92 Å². The summed E-state index contributed by atoms with van der Waals surface area (Å²) in [6.07, 6.45) is -1.63. The van der Waals surface area contributed by atoms with Crippen molar-refractivity contribution in [2.24, 2.45) is 0 Å². The number of amides is 1. The number of aromatic nitrogens is 6. The summed E-state index contributed by atoms with van der Waals surface area (Å²) in [6.45, 7) is 1.72.